The first-order valence-electron chi connectivity index (χ1n) is 9.31. The normalized spacial score (nSPS) is 17.4. The SMILES string of the molecule is CC1CN(S(=O)(=O)c2ccc(NC(=O)NCc3cccnc3)cc2)CCN1C(=O)O. The summed E-state index contributed by atoms with van der Waals surface area (Å²) in [5.41, 5.74) is 1.30. The molecule has 30 heavy (non-hydrogen) atoms. The molecule has 1 atom stereocenters. The van der Waals surface area contributed by atoms with Crippen molar-refractivity contribution in [3.05, 3.63) is 54.4 Å². The first-order chi connectivity index (χ1) is 14.3. The quantitative estimate of drug-likeness (QED) is 0.658. The zero-order valence-corrected chi connectivity index (χ0v) is 17.2. The van der Waals surface area contributed by atoms with E-state index in [1.54, 1.807) is 25.4 Å². The molecule has 2 aromatic rings. The molecule has 0 radical (unpaired) electrons. The molecule has 3 rings (SSSR count). The van der Waals surface area contributed by atoms with Crippen LogP contribution in [-0.2, 0) is 16.6 Å². The van der Waals surface area contributed by atoms with Crippen molar-refractivity contribution in [3.63, 3.8) is 0 Å². The minimum atomic E-state index is -3.76. The number of hydrogen-bond donors (Lipinski definition) is 3. The number of carbonyl (C=O) groups is 2. The molecule has 2 heterocycles. The summed E-state index contributed by atoms with van der Waals surface area (Å²) in [7, 11) is -3.76. The number of carbonyl (C=O) groups excluding carboxylic acids is 1. The van der Waals surface area contributed by atoms with Crippen molar-refractivity contribution in [2.24, 2.45) is 0 Å². The van der Waals surface area contributed by atoms with Crippen molar-refractivity contribution >= 4 is 27.8 Å². The maximum Gasteiger partial charge on any atom is 0.407 e. The average molecular weight is 433 g/mol. The summed E-state index contributed by atoms with van der Waals surface area (Å²) in [6.07, 6.45) is 2.24. The van der Waals surface area contributed by atoms with Gasteiger partial charge in [0.05, 0.1) is 4.90 Å². The van der Waals surface area contributed by atoms with Gasteiger partial charge in [-0.3, -0.25) is 4.98 Å². The second kappa shape index (κ2) is 9.09. The maximum absolute atomic E-state index is 12.9. The fourth-order valence-corrected chi connectivity index (χ4v) is 4.66. The average Bonchev–Trinajstić information content (AvgIpc) is 2.73. The molecule has 1 aliphatic rings. The van der Waals surface area contributed by atoms with Crippen LogP contribution in [0.4, 0.5) is 15.3 Å². The van der Waals surface area contributed by atoms with Gasteiger partial charge in [-0.25, -0.2) is 18.0 Å². The van der Waals surface area contributed by atoms with Gasteiger partial charge in [0.1, 0.15) is 0 Å². The monoisotopic (exact) mass is 433 g/mol. The molecule has 1 aromatic heterocycles. The number of hydrogen-bond acceptors (Lipinski definition) is 5. The molecule has 0 saturated carbocycles. The van der Waals surface area contributed by atoms with E-state index in [-0.39, 0.29) is 24.5 Å². The molecule has 3 N–H and O–H groups in total. The molecule has 0 aliphatic carbocycles. The Bertz CT molecular complexity index is 998. The summed E-state index contributed by atoms with van der Waals surface area (Å²) in [6.45, 7) is 2.28. The number of pyridine rings is 1. The number of nitrogens with one attached hydrogen (secondary N) is 2. The molecule has 1 fully saturated rings. The van der Waals surface area contributed by atoms with Crippen LogP contribution < -0.4 is 10.6 Å². The van der Waals surface area contributed by atoms with Gasteiger partial charge in [-0.15, -0.1) is 0 Å². The molecule has 3 amide bonds. The van der Waals surface area contributed by atoms with E-state index in [0.717, 1.165) is 5.56 Å². The van der Waals surface area contributed by atoms with Gasteiger partial charge >= 0.3 is 12.1 Å². The van der Waals surface area contributed by atoms with Crippen LogP contribution in [0.25, 0.3) is 0 Å². The number of amides is 3. The Morgan fingerprint density at radius 1 is 1.20 bits per heavy atom. The lowest BCUT2D eigenvalue weighted by molar-refractivity contribution is 0.0992. The van der Waals surface area contributed by atoms with E-state index < -0.39 is 28.2 Å². The van der Waals surface area contributed by atoms with Crippen molar-refractivity contribution in [2.75, 3.05) is 25.0 Å². The van der Waals surface area contributed by atoms with Crippen molar-refractivity contribution < 1.29 is 23.1 Å². The van der Waals surface area contributed by atoms with Crippen LogP contribution in [0.1, 0.15) is 12.5 Å². The van der Waals surface area contributed by atoms with Gasteiger partial charge in [-0.2, -0.15) is 4.31 Å². The third-order valence-electron chi connectivity index (χ3n) is 4.76. The summed E-state index contributed by atoms with van der Waals surface area (Å²) < 4.78 is 27.0. The van der Waals surface area contributed by atoms with Crippen molar-refractivity contribution in [1.82, 2.24) is 19.5 Å². The minimum absolute atomic E-state index is 0.0831. The smallest absolute Gasteiger partial charge is 0.407 e. The summed E-state index contributed by atoms with van der Waals surface area (Å²) in [5, 5.41) is 14.5. The zero-order chi connectivity index (χ0) is 21.7. The molecule has 160 valence electrons. The number of piperazine rings is 1. The highest BCUT2D eigenvalue weighted by Crippen LogP contribution is 2.21. The number of urea groups is 1. The fourth-order valence-electron chi connectivity index (χ4n) is 3.15. The highest BCUT2D eigenvalue weighted by molar-refractivity contribution is 7.89. The molecule has 1 aromatic carbocycles. The molecule has 0 bridgehead atoms. The number of aromatic nitrogens is 1. The van der Waals surface area contributed by atoms with E-state index in [1.807, 2.05) is 6.07 Å². The lowest BCUT2D eigenvalue weighted by atomic mass is 10.2. The van der Waals surface area contributed by atoms with Gasteiger partial charge < -0.3 is 20.6 Å². The Morgan fingerprint density at radius 2 is 1.93 bits per heavy atom. The van der Waals surface area contributed by atoms with E-state index in [0.29, 0.717) is 12.2 Å². The summed E-state index contributed by atoms with van der Waals surface area (Å²) >= 11 is 0. The second-order valence-electron chi connectivity index (χ2n) is 6.88. The molecule has 1 saturated heterocycles. The summed E-state index contributed by atoms with van der Waals surface area (Å²) in [5.74, 6) is 0. The van der Waals surface area contributed by atoms with Crippen LogP contribution >= 0.6 is 0 Å². The number of rotatable bonds is 5. The second-order valence-corrected chi connectivity index (χ2v) is 8.82. The lowest BCUT2D eigenvalue weighted by Crippen LogP contribution is -2.54. The number of benzene rings is 1. The standard InChI is InChI=1S/C19H23N5O5S/c1-14-13-23(9-10-24(14)19(26)27)30(28,29)17-6-4-16(5-7-17)22-18(25)21-12-15-3-2-8-20-11-15/h2-8,11,14H,9-10,12-13H2,1H3,(H,26,27)(H2,21,22,25). The molecule has 1 aliphatic heterocycles. The van der Waals surface area contributed by atoms with Crippen LogP contribution in [0.3, 0.4) is 0 Å². The number of carboxylic acid groups (broad SMARTS) is 1. The third kappa shape index (κ3) is 5.05. The van der Waals surface area contributed by atoms with E-state index in [9.17, 15) is 18.0 Å². The van der Waals surface area contributed by atoms with E-state index >= 15 is 0 Å². The van der Waals surface area contributed by atoms with Crippen LogP contribution in [0.15, 0.2) is 53.7 Å². The van der Waals surface area contributed by atoms with Gasteiger partial charge in [0.15, 0.2) is 0 Å². The largest absolute Gasteiger partial charge is 0.465 e. The Morgan fingerprint density at radius 3 is 2.53 bits per heavy atom. The van der Waals surface area contributed by atoms with Crippen LogP contribution in [0, 0.1) is 0 Å². The topological polar surface area (TPSA) is 132 Å². The summed E-state index contributed by atoms with van der Waals surface area (Å²) in [4.78, 5) is 28.5. The van der Waals surface area contributed by atoms with E-state index in [2.05, 4.69) is 15.6 Å². The lowest BCUT2D eigenvalue weighted by Gasteiger charge is -2.37. The Balaban J connectivity index is 1.59. The van der Waals surface area contributed by atoms with E-state index in [4.69, 9.17) is 5.11 Å². The highest BCUT2D eigenvalue weighted by atomic mass is 32.2. The zero-order valence-electron chi connectivity index (χ0n) is 16.4. The fraction of sp³-hybridized carbons (Fsp3) is 0.316. The Labute approximate surface area is 174 Å². The molecule has 10 nitrogen and oxygen atoms in total. The number of anilines is 1. The van der Waals surface area contributed by atoms with Crippen molar-refractivity contribution in [1.29, 1.82) is 0 Å². The molecular weight excluding hydrogens is 410 g/mol. The van der Waals surface area contributed by atoms with Crippen LogP contribution in [0.5, 0.6) is 0 Å². The van der Waals surface area contributed by atoms with Gasteiger partial charge in [-0.05, 0) is 42.8 Å². The van der Waals surface area contributed by atoms with Crippen molar-refractivity contribution in [2.45, 2.75) is 24.4 Å². The molecule has 1 unspecified atom stereocenters. The van der Waals surface area contributed by atoms with Gasteiger partial charge in [0.2, 0.25) is 10.0 Å². The maximum atomic E-state index is 12.9. The molecule has 11 heteroatoms. The van der Waals surface area contributed by atoms with Crippen LogP contribution in [0.2, 0.25) is 0 Å². The molecule has 0 spiro atoms. The van der Waals surface area contributed by atoms with Gasteiger partial charge in [0, 0.05) is 50.3 Å². The van der Waals surface area contributed by atoms with Crippen molar-refractivity contribution in [3.8, 4) is 0 Å². The first-order valence-corrected chi connectivity index (χ1v) is 10.7. The predicted octanol–water partition coefficient (Wildman–Crippen LogP) is 1.78. The third-order valence-corrected chi connectivity index (χ3v) is 6.64. The number of sulfonamides is 1. The Kier molecular flexibility index (Phi) is 6.53. The Hall–Kier alpha value is -3.18. The first kappa shape index (κ1) is 21.5. The summed E-state index contributed by atoms with van der Waals surface area (Å²) in [6, 6.07) is 8.60. The highest BCUT2D eigenvalue weighted by Gasteiger charge is 2.34. The number of nitrogens with zero attached hydrogens (tertiary/aromatic N) is 3. The van der Waals surface area contributed by atoms with Crippen LogP contribution in [-0.4, -0.2) is 65.5 Å². The predicted molar refractivity (Wildman–Crippen MR) is 109 cm³/mol. The van der Waals surface area contributed by atoms with Gasteiger partial charge in [0.25, 0.3) is 0 Å². The molecular formula is C19H23N5O5S. The van der Waals surface area contributed by atoms with Gasteiger partial charge in [-0.1, -0.05) is 6.07 Å². The van der Waals surface area contributed by atoms with E-state index in [1.165, 1.54) is 33.5 Å². The minimum Gasteiger partial charge on any atom is -0.465 e.